The predicted octanol–water partition coefficient (Wildman–Crippen LogP) is 3.18. The number of carbonyl (C=O) groups is 2. The van der Waals surface area contributed by atoms with Gasteiger partial charge in [-0.2, -0.15) is 0 Å². The number of likely N-dealkylation sites (tertiary alicyclic amines) is 1. The molecule has 3 heterocycles. The molecule has 4 rings (SSSR count). The number of amides is 1. The number of nitrogens with zero attached hydrogens (tertiary/aromatic N) is 3. The van der Waals surface area contributed by atoms with E-state index in [0.717, 1.165) is 29.4 Å². The molecule has 6 heteroatoms. The molecule has 2 aromatic heterocycles. The molecule has 1 aromatic carbocycles. The van der Waals surface area contributed by atoms with Crippen LogP contribution in [-0.4, -0.2) is 37.7 Å². The Hall–Kier alpha value is -2.89. The first-order valence-corrected chi connectivity index (χ1v) is 9.44. The Labute approximate surface area is 158 Å². The van der Waals surface area contributed by atoms with Gasteiger partial charge >= 0.3 is 0 Å². The van der Waals surface area contributed by atoms with Crippen LogP contribution >= 0.6 is 0 Å². The Morgan fingerprint density at radius 3 is 2.78 bits per heavy atom. The summed E-state index contributed by atoms with van der Waals surface area (Å²) in [5.74, 6) is -0.806. The average Bonchev–Trinajstić information content (AvgIpc) is 3.37. The van der Waals surface area contributed by atoms with Gasteiger partial charge in [-0.15, -0.1) is 0 Å². The second kappa shape index (κ2) is 7.02. The zero-order chi connectivity index (χ0) is 19.0. The van der Waals surface area contributed by atoms with Crippen LogP contribution < -0.4 is 0 Å². The molecule has 1 saturated heterocycles. The maximum atomic E-state index is 12.8. The van der Waals surface area contributed by atoms with Crippen LogP contribution in [0.25, 0.3) is 10.9 Å². The van der Waals surface area contributed by atoms with Gasteiger partial charge in [-0.3, -0.25) is 9.59 Å². The van der Waals surface area contributed by atoms with Crippen LogP contribution in [0.1, 0.15) is 31.9 Å². The topological polar surface area (TPSA) is 71.0 Å². The Kier molecular flexibility index (Phi) is 4.56. The number of benzene rings is 1. The standard InChI is InChI=1S/C21H24N4O2/c1-14(2)18-19(16-4-5-17-15(12-16)6-7-23-17)25(21(27)20(18)26)10-3-9-24-11-8-22-13-24/h4-8,11-14,18-19,23H,3,9-10H2,1-2H3. The maximum Gasteiger partial charge on any atom is 0.290 e. The summed E-state index contributed by atoms with van der Waals surface area (Å²) in [6, 6.07) is 7.98. The first kappa shape index (κ1) is 17.5. The van der Waals surface area contributed by atoms with E-state index in [0.29, 0.717) is 6.54 Å². The number of H-pyrrole nitrogens is 1. The molecule has 0 aliphatic carbocycles. The highest BCUT2D eigenvalue weighted by atomic mass is 16.2. The highest BCUT2D eigenvalue weighted by molar-refractivity contribution is 6.39. The number of imidazole rings is 1. The fourth-order valence-corrected chi connectivity index (χ4v) is 4.14. The Balaban J connectivity index is 1.63. The highest BCUT2D eigenvalue weighted by Crippen LogP contribution is 2.41. The number of Topliss-reactive ketones (excluding diaryl/α,β-unsaturated/α-hetero) is 1. The van der Waals surface area contributed by atoms with Gasteiger partial charge in [0.15, 0.2) is 0 Å². The van der Waals surface area contributed by atoms with E-state index in [1.54, 1.807) is 17.4 Å². The van der Waals surface area contributed by atoms with Crippen molar-refractivity contribution in [2.75, 3.05) is 6.54 Å². The third kappa shape index (κ3) is 3.16. The van der Waals surface area contributed by atoms with Crippen LogP contribution in [0.2, 0.25) is 0 Å². The number of fused-ring (bicyclic) bond motifs is 1. The molecule has 1 aliphatic rings. The molecule has 27 heavy (non-hydrogen) atoms. The van der Waals surface area contributed by atoms with Gasteiger partial charge in [-0.1, -0.05) is 19.9 Å². The summed E-state index contributed by atoms with van der Waals surface area (Å²) in [5.41, 5.74) is 2.09. The Morgan fingerprint density at radius 2 is 2.04 bits per heavy atom. The number of aromatic amines is 1. The lowest BCUT2D eigenvalue weighted by molar-refractivity contribution is -0.141. The fraction of sp³-hybridized carbons (Fsp3) is 0.381. The number of hydrogen-bond donors (Lipinski definition) is 1. The van der Waals surface area contributed by atoms with Crippen molar-refractivity contribution in [2.45, 2.75) is 32.9 Å². The average molecular weight is 364 g/mol. The molecule has 2 unspecified atom stereocenters. The third-order valence-corrected chi connectivity index (χ3v) is 5.46. The van der Waals surface area contributed by atoms with Crippen LogP contribution in [0.4, 0.5) is 0 Å². The van der Waals surface area contributed by atoms with Crippen molar-refractivity contribution in [1.29, 1.82) is 0 Å². The lowest BCUT2D eigenvalue weighted by Crippen LogP contribution is -2.31. The van der Waals surface area contributed by atoms with Crippen molar-refractivity contribution in [1.82, 2.24) is 19.4 Å². The van der Waals surface area contributed by atoms with Crippen molar-refractivity contribution < 1.29 is 9.59 Å². The molecule has 140 valence electrons. The minimum absolute atomic E-state index is 0.104. The van der Waals surface area contributed by atoms with Crippen LogP contribution in [0.3, 0.4) is 0 Å². The van der Waals surface area contributed by atoms with E-state index in [1.807, 2.05) is 49.0 Å². The summed E-state index contributed by atoms with van der Waals surface area (Å²) in [7, 11) is 0. The van der Waals surface area contributed by atoms with E-state index in [9.17, 15) is 9.59 Å². The Bertz CT molecular complexity index is 958. The van der Waals surface area contributed by atoms with E-state index in [2.05, 4.69) is 16.0 Å². The number of aryl methyl sites for hydroxylation is 1. The fourth-order valence-electron chi connectivity index (χ4n) is 4.14. The SMILES string of the molecule is CC(C)C1C(=O)C(=O)N(CCCn2ccnc2)C1c1ccc2[nH]ccc2c1. The summed E-state index contributed by atoms with van der Waals surface area (Å²) >= 11 is 0. The van der Waals surface area contributed by atoms with Crippen molar-refractivity contribution in [2.24, 2.45) is 11.8 Å². The van der Waals surface area contributed by atoms with Crippen LogP contribution in [0, 0.1) is 11.8 Å². The monoisotopic (exact) mass is 364 g/mol. The smallest absolute Gasteiger partial charge is 0.290 e. The molecular formula is C21H24N4O2. The molecule has 1 fully saturated rings. The zero-order valence-corrected chi connectivity index (χ0v) is 15.6. The summed E-state index contributed by atoms with van der Waals surface area (Å²) in [4.78, 5) is 34.5. The zero-order valence-electron chi connectivity index (χ0n) is 15.6. The number of ketones is 1. The summed E-state index contributed by atoms with van der Waals surface area (Å²) < 4.78 is 1.99. The van der Waals surface area contributed by atoms with Gasteiger partial charge in [-0.25, -0.2) is 4.98 Å². The number of carbonyl (C=O) groups excluding carboxylic acids is 2. The molecule has 3 aromatic rings. The van der Waals surface area contributed by atoms with Crippen molar-refractivity contribution in [3.63, 3.8) is 0 Å². The molecule has 0 saturated carbocycles. The number of nitrogens with one attached hydrogen (secondary N) is 1. The second-order valence-electron chi connectivity index (χ2n) is 7.56. The summed E-state index contributed by atoms with van der Waals surface area (Å²) in [6.07, 6.45) is 8.11. The lowest BCUT2D eigenvalue weighted by atomic mass is 9.84. The van der Waals surface area contributed by atoms with Crippen molar-refractivity contribution >= 4 is 22.6 Å². The second-order valence-corrected chi connectivity index (χ2v) is 7.56. The summed E-state index contributed by atoms with van der Waals surface area (Å²) in [5, 5.41) is 1.10. The van der Waals surface area contributed by atoms with Gasteiger partial charge in [0.25, 0.3) is 5.91 Å². The van der Waals surface area contributed by atoms with E-state index in [1.165, 1.54) is 0 Å². The number of hydrogen-bond acceptors (Lipinski definition) is 3. The van der Waals surface area contributed by atoms with Gasteiger partial charge in [-0.05, 0) is 41.5 Å². The molecular weight excluding hydrogens is 340 g/mol. The molecule has 1 amide bonds. The predicted molar refractivity (Wildman–Crippen MR) is 103 cm³/mol. The maximum absolute atomic E-state index is 12.8. The minimum atomic E-state index is -0.349. The largest absolute Gasteiger partial charge is 0.361 e. The van der Waals surface area contributed by atoms with Crippen LogP contribution in [-0.2, 0) is 16.1 Å². The molecule has 6 nitrogen and oxygen atoms in total. The van der Waals surface area contributed by atoms with Gasteiger partial charge < -0.3 is 14.5 Å². The molecule has 2 atom stereocenters. The van der Waals surface area contributed by atoms with Crippen LogP contribution in [0.5, 0.6) is 0 Å². The highest BCUT2D eigenvalue weighted by Gasteiger charge is 2.48. The van der Waals surface area contributed by atoms with E-state index < -0.39 is 0 Å². The minimum Gasteiger partial charge on any atom is -0.361 e. The number of rotatable bonds is 6. The molecule has 0 bridgehead atoms. The van der Waals surface area contributed by atoms with Crippen molar-refractivity contribution in [3.8, 4) is 0 Å². The quantitative estimate of drug-likeness (QED) is 0.683. The van der Waals surface area contributed by atoms with Gasteiger partial charge in [0.2, 0.25) is 5.78 Å². The van der Waals surface area contributed by atoms with Crippen LogP contribution in [0.15, 0.2) is 49.2 Å². The third-order valence-electron chi connectivity index (χ3n) is 5.46. The number of aromatic nitrogens is 3. The molecule has 1 aliphatic heterocycles. The lowest BCUT2D eigenvalue weighted by Gasteiger charge is -2.29. The van der Waals surface area contributed by atoms with Gasteiger partial charge in [0.05, 0.1) is 18.3 Å². The molecule has 0 radical (unpaired) electrons. The molecule has 0 spiro atoms. The van der Waals surface area contributed by atoms with Gasteiger partial charge in [0, 0.05) is 37.2 Å². The van der Waals surface area contributed by atoms with Gasteiger partial charge in [0.1, 0.15) is 0 Å². The van der Waals surface area contributed by atoms with Crippen molar-refractivity contribution in [3.05, 3.63) is 54.7 Å². The Morgan fingerprint density at radius 1 is 1.19 bits per heavy atom. The van der Waals surface area contributed by atoms with E-state index in [4.69, 9.17) is 0 Å². The summed E-state index contributed by atoms with van der Waals surface area (Å²) in [6.45, 7) is 5.37. The first-order chi connectivity index (χ1) is 13.1. The normalized spacial score (nSPS) is 20.3. The van der Waals surface area contributed by atoms with E-state index in [-0.39, 0.29) is 29.6 Å². The van der Waals surface area contributed by atoms with E-state index >= 15 is 0 Å². The molecule has 1 N–H and O–H groups in total. The first-order valence-electron chi connectivity index (χ1n) is 9.44.